The summed E-state index contributed by atoms with van der Waals surface area (Å²) in [4.78, 5) is 11.9. The molecule has 0 bridgehead atoms. The molecule has 0 amide bonds. The highest BCUT2D eigenvalue weighted by Gasteiger charge is 2.13. The highest BCUT2D eigenvalue weighted by Crippen LogP contribution is 2.21. The lowest BCUT2D eigenvalue weighted by Crippen LogP contribution is -2.24. The van der Waals surface area contributed by atoms with Crippen LogP contribution in [0.15, 0.2) is 61.1 Å². The predicted octanol–water partition coefficient (Wildman–Crippen LogP) is 4.48. The van der Waals surface area contributed by atoms with E-state index in [9.17, 15) is 0 Å². The molecule has 2 N–H and O–H groups in total. The average molecular weight is 426 g/mol. The molecule has 3 heterocycles. The molecule has 1 aliphatic heterocycles. The third-order valence-corrected chi connectivity index (χ3v) is 5.37. The van der Waals surface area contributed by atoms with Crippen LogP contribution in [0.1, 0.15) is 28.8 Å². The normalized spacial score (nSPS) is 15.7. The maximum atomic E-state index is 7.16. The number of nitrogens with one attached hydrogen (secondary N) is 2. The Bertz CT molecular complexity index is 1080. The monoisotopic (exact) mass is 425 g/mol. The van der Waals surface area contributed by atoms with E-state index in [1.165, 1.54) is 12.0 Å². The molecule has 2 aromatic heterocycles. The fraction of sp³-hybridized carbons (Fsp3) is 0.269. The first kappa shape index (κ1) is 21.7. The fourth-order valence-electron chi connectivity index (χ4n) is 3.71. The lowest BCUT2D eigenvalue weighted by atomic mass is 10.1. The number of benzene rings is 1. The highest BCUT2D eigenvalue weighted by atomic mass is 16.5. The zero-order chi connectivity index (χ0) is 22.0. The zero-order valence-corrected chi connectivity index (χ0v) is 18.0. The van der Waals surface area contributed by atoms with Crippen LogP contribution >= 0.6 is 0 Å². The van der Waals surface area contributed by atoms with Gasteiger partial charge in [-0.3, -0.25) is 9.97 Å². The second kappa shape index (κ2) is 11.2. The summed E-state index contributed by atoms with van der Waals surface area (Å²) in [6, 6.07) is 13.9. The van der Waals surface area contributed by atoms with Crippen LogP contribution < -0.4 is 15.4 Å². The lowest BCUT2D eigenvalue weighted by Gasteiger charge is -2.13. The maximum absolute atomic E-state index is 7.16. The van der Waals surface area contributed by atoms with Crippen molar-refractivity contribution in [3.63, 3.8) is 0 Å². The Morgan fingerprint density at radius 2 is 2.09 bits per heavy atom. The maximum Gasteiger partial charge on any atom is 0.205 e. The van der Waals surface area contributed by atoms with Gasteiger partial charge in [0.25, 0.3) is 0 Å². The van der Waals surface area contributed by atoms with Gasteiger partial charge in [0, 0.05) is 25.1 Å². The Morgan fingerprint density at radius 1 is 1.16 bits per heavy atom. The number of pyridine rings is 2. The van der Waals surface area contributed by atoms with E-state index in [1.807, 2.05) is 42.5 Å². The third-order valence-electron chi connectivity index (χ3n) is 5.37. The topological polar surface area (TPSA) is 63.4 Å². The summed E-state index contributed by atoms with van der Waals surface area (Å²) >= 11 is 0. The Kier molecular flexibility index (Phi) is 7.59. The van der Waals surface area contributed by atoms with Crippen LogP contribution in [-0.4, -0.2) is 29.6 Å². The fourth-order valence-corrected chi connectivity index (χ4v) is 3.71. The molecule has 6 nitrogen and oxygen atoms in total. The van der Waals surface area contributed by atoms with Crippen molar-refractivity contribution in [1.29, 1.82) is 0 Å². The van der Waals surface area contributed by atoms with E-state index in [0.717, 1.165) is 48.7 Å². The first-order chi connectivity index (χ1) is 15.8. The van der Waals surface area contributed by atoms with E-state index < -0.39 is 0 Å². The van der Waals surface area contributed by atoms with E-state index in [1.54, 1.807) is 18.6 Å². The van der Waals surface area contributed by atoms with Crippen molar-refractivity contribution in [1.82, 2.24) is 20.6 Å². The minimum atomic E-state index is 0.422. The van der Waals surface area contributed by atoms with Crippen LogP contribution in [0.25, 0.3) is 17.0 Å². The van der Waals surface area contributed by atoms with Crippen LogP contribution in [0.3, 0.4) is 0 Å². The molecule has 1 fully saturated rings. The summed E-state index contributed by atoms with van der Waals surface area (Å²) in [7, 11) is 0. The molecule has 1 unspecified atom stereocenters. The molecule has 1 aromatic carbocycles. The molecule has 1 atom stereocenters. The molecular formula is C26H27N5O. The van der Waals surface area contributed by atoms with Gasteiger partial charge in [-0.05, 0) is 79.0 Å². The van der Waals surface area contributed by atoms with Crippen molar-refractivity contribution in [3.05, 3.63) is 94.9 Å². The number of ether oxygens (including phenoxy) is 1. The molecule has 3 aromatic rings. The number of hydrogen-bond acceptors (Lipinski definition) is 5. The Hall–Kier alpha value is -3.53. The lowest BCUT2D eigenvalue weighted by molar-refractivity contribution is 0.301. The van der Waals surface area contributed by atoms with E-state index in [0.29, 0.717) is 18.2 Å². The van der Waals surface area contributed by atoms with Crippen LogP contribution in [0.4, 0.5) is 5.69 Å². The molecule has 0 aliphatic carbocycles. The summed E-state index contributed by atoms with van der Waals surface area (Å²) < 4.78 is 6.06. The number of rotatable bonds is 9. The van der Waals surface area contributed by atoms with Gasteiger partial charge >= 0.3 is 0 Å². The Balaban J connectivity index is 1.48. The number of hydrogen-bond donors (Lipinski definition) is 2. The molecule has 162 valence electrons. The summed E-state index contributed by atoms with van der Waals surface area (Å²) in [6.45, 7) is 11.6. The molecule has 6 heteroatoms. The third kappa shape index (κ3) is 6.48. The first-order valence-electron chi connectivity index (χ1n) is 10.9. The molecule has 32 heavy (non-hydrogen) atoms. The minimum absolute atomic E-state index is 0.422. The molecule has 1 saturated heterocycles. The summed E-state index contributed by atoms with van der Waals surface area (Å²) in [6.07, 6.45) is 10.3. The summed E-state index contributed by atoms with van der Waals surface area (Å²) in [5.41, 5.74) is 4.53. The number of aromatic nitrogens is 2. The van der Waals surface area contributed by atoms with Crippen molar-refractivity contribution >= 4 is 17.8 Å². The van der Waals surface area contributed by atoms with Crippen LogP contribution in [0.5, 0.6) is 5.75 Å². The van der Waals surface area contributed by atoms with E-state index in [4.69, 9.17) is 11.3 Å². The van der Waals surface area contributed by atoms with Crippen LogP contribution in [0, 0.1) is 12.5 Å². The Morgan fingerprint density at radius 3 is 2.91 bits per heavy atom. The first-order valence-corrected chi connectivity index (χ1v) is 10.9. The van der Waals surface area contributed by atoms with Crippen LogP contribution in [-0.2, 0) is 13.2 Å². The van der Waals surface area contributed by atoms with Gasteiger partial charge in [0.1, 0.15) is 12.4 Å². The van der Waals surface area contributed by atoms with Gasteiger partial charge in [0.15, 0.2) is 0 Å². The highest BCUT2D eigenvalue weighted by molar-refractivity contribution is 5.71. The second-order valence-corrected chi connectivity index (χ2v) is 7.93. The zero-order valence-electron chi connectivity index (χ0n) is 18.0. The van der Waals surface area contributed by atoms with Crippen molar-refractivity contribution in [2.45, 2.75) is 19.6 Å². The summed E-state index contributed by atoms with van der Waals surface area (Å²) in [5, 5.41) is 7.00. The predicted molar refractivity (Wildman–Crippen MR) is 127 cm³/mol. The van der Waals surface area contributed by atoms with Gasteiger partial charge < -0.3 is 15.4 Å². The van der Waals surface area contributed by atoms with E-state index in [-0.39, 0.29) is 0 Å². The molecular weight excluding hydrogens is 398 g/mol. The second-order valence-electron chi connectivity index (χ2n) is 7.93. The van der Waals surface area contributed by atoms with Crippen molar-refractivity contribution in [2.75, 3.05) is 19.6 Å². The Labute approximate surface area is 189 Å². The van der Waals surface area contributed by atoms with Gasteiger partial charge in [0.05, 0.1) is 12.3 Å². The molecule has 0 radical (unpaired) electrons. The quantitative estimate of drug-likeness (QED) is 0.495. The molecule has 4 rings (SSSR count). The standard InChI is InChI=1S/C26H27N5O/c1-27-25-11-21(14-30-18-25)6-5-20-10-23(17-29-16-22-7-9-28-15-22)13-26(12-20)32-19-24-4-2-3-8-31-24/h2-6,8,10-14,18,22,28-29H,7,9,15-17,19H2/b6-5+. The summed E-state index contributed by atoms with van der Waals surface area (Å²) in [5.74, 6) is 1.50. The SMILES string of the molecule is [C-]#[N+]c1cncc(/C=C/c2cc(CNCC3CCNC3)cc(OCc3ccccn3)c2)c1. The smallest absolute Gasteiger partial charge is 0.205 e. The van der Waals surface area contributed by atoms with Crippen molar-refractivity contribution in [3.8, 4) is 5.75 Å². The number of nitrogens with zero attached hydrogens (tertiary/aromatic N) is 3. The van der Waals surface area contributed by atoms with E-state index >= 15 is 0 Å². The van der Waals surface area contributed by atoms with Gasteiger partial charge in [-0.2, -0.15) is 0 Å². The van der Waals surface area contributed by atoms with Gasteiger partial charge in [-0.15, -0.1) is 0 Å². The van der Waals surface area contributed by atoms with Gasteiger partial charge in [-0.25, -0.2) is 4.85 Å². The van der Waals surface area contributed by atoms with Gasteiger partial charge in [0.2, 0.25) is 5.69 Å². The largest absolute Gasteiger partial charge is 0.487 e. The van der Waals surface area contributed by atoms with Gasteiger partial charge in [-0.1, -0.05) is 24.3 Å². The molecule has 0 spiro atoms. The average Bonchev–Trinajstić information content (AvgIpc) is 3.36. The van der Waals surface area contributed by atoms with Crippen molar-refractivity contribution in [2.24, 2.45) is 5.92 Å². The molecule has 0 saturated carbocycles. The van der Waals surface area contributed by atoms with Crippen molar-refractivity contribution < 1.29 is 4.74 Å². The minimum Gasteiger partial charge on any atom is -0.487 e. The molecule has 1 aliphatic rings. The van der Waals surface area contributed by atoms with Crippen LogP contribution in [0.2, 0.25) is 0 Å². The van der Waals surface area contributed by atoms with E-state index in [2.05, 4.69) is 37.6 Å².